The van der Waals surface area contributed by atoms with Crippen molar-refractivity contribution in [3.05, 3.63) is 0 Å². The van der Waals surface area contributed by atoms with Gasteiger partial charge in [0.25, 0.3) is 0 Å². The van der Waals surface area contributed by atoms with Gasteiger partial charge in [0, 0.05) is 105 Å². The van der Waals surface area contributed by atoms with Crippen molar-refractivity contribution < 1.29 is 148 Å². The number of ketones is 11. The van der Waals surface area contributed by atoms with Gasteiger partial charge in [-0.2, -0.15) is 0 Å². The van der Waals surface area contributed by atoms with Gasteiger partial charge in [0.2, 0.25) is 82.7 Å². The molecule has 0 heterocycles. The van der Waals surface area contributed by atoms with Crippen LogP contribution in [0.2, 0.25) is 0 Å². The lowest BCUT2D eigenvalue weighted by atomic mass is 10.0. The van der Waals surface area contributed by atoms with Gasteiger partial charge >= 0.3 is 0 Å². The number of carbonyl (C=O) groups excluding carboxylic acids is 25. The number of unbranched alkanes of at least 4 members (excludes halogenated alkanes) is 1. The van der Waals surface area contributed by atoms with E-state index < -0.39 is 286 Å². The fraction of sp³-hybridized carbons (Fsp3) is 0.688. The highest BCUT2D eigenvalue weighted by Gasteiger charge is 2.35. The lowest BCUT2D eigenvalue weighted by Crippen LogP contribution is -2.57. The van der Waals surface area contributed by atoms with Crippen molar-refractivity contribution in [1.82, 2.24) is 74.0 Å². The van der Waals surface area contributed by atoms with Crippen LogP contribution in [0, 0.1) is 0 Å². The van der Waals surface area contributed by atoms with Gasteiger partial charge in [-0.05, 0) is 99.8 Å². The summed E-state index contributed by atoms with van der Waals surface area (Å²) in [4.78, 5) is 328. The zero-order chi connectivity index (χ0) is 94.4. The lowest BCUT2D eigenvalue weighted by Gasteiger charge is -2.26. The van der Waals surface area contributed by atoms with Gasteiger partial charge < -0.3 is 112 Å². The average molecular weight is 1780 g/mol. The number of amides is 14. The first-order valence-electron chi connectivity index (χ1n) is 40.9. The van der Waals surface area contributed by atoms with Crippen molar-refractivity contribution in [3.8, 4) is 0 Å². The number of nitrogens with zero attached hydrogens (tertiary/aromatic N) is 1. The minimum Gasteiger partial charge on any atom is -0.382 e. The Morgan fingerprint density at radius 2 is 0.624 bits per heavy atom. The fourth-order valence-corrected chi connectivity index (χ4v) is 10.8. The monoisotopic (exact) mass is 1780 g/mol. The number of hydrogen-bond acceptors (Lipinski definition) is 31. The summed E-state index contributed by atoms with van der Waals surface area (Å²) in [5.41, 5.74) is 0. The summed E-state index contributed by atoms with van der Waals surface area (Å²) in [7, 11) is 2.93. The van der Waals surface area contributed by atoms with Crippen molar-refractivity contribution in [1.29, 1.82) is 0 Å². The highest BCUT2D eigenvalue weighted by molar-refractivity contribution is 6.36. The summed E-state index contributed by atoms with van der Waals surface area (Å²) < 4.78 is 31.8. The van der Waals surface area contributed by atoms with Crippen LogP contribution >= 0.6 is 0 Å². The van der Waals surface area contributed by atoms with E-state index in [1.165, 1.54) is 46.8 Å². The normalized spacial score (nSPS) is 12.5. The van der Waals surface area contributed by atoms with Gasteiger partial charge in [-0.25, -0.2) is 0 Å². The van der Waals surface area contributed by atoms with Crippen molar-refractivity contribution in [3.63, 3.8) is 0 Å². The van der Waals surface area contributed by atoms with Crippen LogP contribution in [0.1, 0.15) is 184 Å². The maximum atomic E-state index is 15.0. The van der Waals surface area contributed by atoms with E-state index in [1.54, 1.807) is 0 Å². The van der Waals surface area contributed by atoms with Crippen LogP contribution in [0.5, 0.6) is 0 Å². The molecule has 0 aliphatic heterocycles. The van der Waals surface area contributed by atoms with Crippen molar-refractivity contribution in [2.45, 2.75) is 226 Å². The van der Waals surface area contributed by atoms with Crippen molar-refractivity contribution in [2.75, 3.05) is 133 Å². The molecule has 45 heteroatoms. The molecule has 0 aromatic rings. The zero-order valence-corrected chi connectivity index (χ0v) is 73.0. The van der Waals surface area contributed by atoms with Gasteiger partial charge in [-0.1, -0.05) is 6.42 Å². The van der Waals surface area contributed by atoms with Crippen LogP contribution in [0.15, 0.2) is 0 Å². The number of Topliss-reactive ketones (excluding diaryl/α,β-unsaturated/α-hetero) is 11. The molecule has 7 atom stereocenters. The molecule has 702 valence electrons. The second kappa shape index (κ2) is 67.2. The molecule has 7 unspecified atom stereocenters. The largest absolute Gasteiger partial charge is 0.382 e. The number of carbonyl (C=O) groups is 25. The molecular formula is C80H126N14O31. The third-order valence-electron chi connectivity index (χ3n) is 17.7. The third-order valence-corrected chi connectivity index (χ3v) is 17.7. The van der Waals surface area contributed by atoms with E-state index in [4.69, 9.17) is 28.4 Å². The Hall–Kier alpha value is -11.3. The number of ether oxygens (including phenoxy) is 6. The van der Waals surface area contributed by atoms with Crippen LogP contribution in [0.3, 0.4) is 0 Å². The zero-order valence-electron chi connectivity index (χ0n) is 73.0. The first-order valence-corrected chi connectivity index (χ1v) is 40.9. The van der Waals surface area contributed by atoms with E-state index in [0.717, 1.165) is 27.7 Å². The Balaban J connectivity index is 8.08. The molecule has 45 nitrogen and oxygen atoms in total. The van der Waals surface area contributed by atoms with Crippen molar-refractivity contribution >= 4 is 146 Å². The number of nitrogens with one attached hydrogen (secondary N) is 13. The molecule has 0 spiro atoms. The SMILES string of the molecule is COCCOCCN(CC(=O)NCCOCCOCC(=O)NC(CCC(=O)NC(CCC(=O)NC(CCC(=O)NCC(C)=O)C(=O)NCC(C)=O)C(=O)NC(CCC(=O)CCC(C)=O)C(=O)NCC(C)=O)C(=O)NC(CCC(=O)NC(CCC(=O)NCC(C)=O)C(=O)CCC(C)=O)C(=O)NC(CCCCC(=O)C(C)=O)C(=O)NCC(C)=O)C(=O)COCCOC. The van der Waals surface area contributed by atoms with Crippen LogP contribution in [-0.4, -0.2) is 326 Å². The van der Waals surface area contributed by atoms with Crippen molar-refractivity contribution in [2.24, 2.45) is 0 Å². The maximum absolute atomic E-state index is 15.0. The number of methoxy groups -OCH3 is 2. The number of rotatable bonds is 75. The molecule has 0 fully saturated rings. The standard InChI is InChI=1S/C80H126N14O31/c1-49(95)15-17-57(103)18-19-61(77(116)86-45-55(7)101)92-78(117)62(22-28-70(109)88-60(76(115)85-44-54(6)100)21-27-68(107)83-42-52(4)98)89-71(110)29-23-63(90-73(112)47-124-40-39-122-33-31-81-72(111)46-94(32-34-123-37-35-120-9)74(113)48-125-38-36-121-10)79(118)93-64(80(119)91-59(75(114)84-43-53(5)99)13-11-12-14-65(104)56(8)102)24-30-69(108)87-58(66(105)25-16-50(2)96)20-26-67(106)82-41-51(3)97/h58-64H,11-48H2,1-10H3,(H,81,111)(H,82,106)(H,83,107)(H,84,114)(H,85,115)(H,86,116)(H,87,108)(H,88,109)(H,89,110)(H,90,112)(H,91,119)(H,92,117)(H,93,118). The van der Waals surface area contributed by atoms with Gasteiger partial charge in [0.1, 0.15) is 95.7 Å². The third kappa shape index (κ3) is 59.2. The summed E-state index contributed by atoms with van der Waals surface area (Å²) in [6.45, 7) is 5.41. The maximum Gasteiger partial charge on any atom is 0.249 e. The lowest BCUT2D eigenvalue weighted by molar-refractivity contribution is -0.141. The van der Waals surface area contributed by atoms with Crippen LogP contribution in [0.4, 0.5) is 0 Å². The second-order valence-electron chi connectivity index (χ2n) is 29.2. The molecule has 0 saturated carbocycles. The molecule has 0 rings (SSSR count). The van der Waals surface area contributed by atoms with Crippen LogP contribution < -0.4 is 69.1 Å². The smallest absolute Gasteiger partial charge is 0.249 e. The fourth-order valence-electron chi connectivity index (χ4n) is 10.8. The number of hydrogen-bond donors (Lipinski definition) is 13. The Bertz CT molecular complexity index is 3690. The average Bonchev–Trinajstić information content (AvgIpc) is 0.774. The highest BCUT2D eigenvalue weighted by atomic mass is 16.5. The molecule has 0 aromatic heterocycles. The Kier molecular flexibility index (Phi) is 61.1. The Morgan fingerprint density at radius 3 is 1.07 bits per heavy atom. The summed E-state index contributed by atoms with van der Waals surface area (Å²) in [6.07, 6.45) is -9.03. The van der Waals surface area contributed by atoms with E-state index in [9.17, 15) is 115 Å². The molecule has 0 radical (unpaired) electrons. The van der Waals surface area contributed by atoms with E-state index in [2.05, 4.69) is 69.1 Å². The Morgan fingerprint density at radius 1 is 0.272 bits per heavy atom. The van der Waals surface area contributed by atoms with Crippen LogP contribution in [-0.2, 0) is 148 Å². The molecule has 13 N–H and O–H groups in total. The van der Waals surface area contributed by atoms with E-state index in [-0.39, 0.29) is 149 Å². The van der Waals surface area contributed by atoms with Gasteiger partial charge in [0.05, 0.1) is 98.2 Å². The predicted molar refractivity (Wildman–Crippen MR) is 438 cm³/mol. The summed E-state index contributed by atoms with van der Waals surface area (Å²) >= 11 is 0. The van der Waals surface area contributed by atoms with Gasteiger partial charge in [0.15, 0.2) is 17.3 Å². The Labute approximate surface area is 724 Å². The van der Waals surface area contributed by atoms with E-state index in [0.29, 0.717) is 0 Å². The summed E-state index contributed by atoms with van der Waals surface area (Å²) in [6, 6.07) is -12.1. The first-order chi connectivity index (χ1) is 59.1. The molecule has 0 saturated heterocycles. The predicted octanol–water partition coefficient (Wildman–Crippen LogP) is -5.51. The molecule has 125 heavy (non-hydrogen) atoms. The van der Waals surface area contributed by atoms with E-state index in [1.807, 2.05) is 0 Å². The second-order valence-corrected chi connectivity index (χ2v) is 29.2. The highest BCUT2D eigenvalue weighted by Crippen LogP contribution is 2.14. The first kappa shape index (κ1) is 114. The summed E-state index contributed by atoms with van der Waals surface area (Å²) in [5.74, 6) is -19.5. The molecule has 0 aliphatic carbocycles. The quantitative estimate of drug-likeness (QED) is 0.0200. The van der Waals surface area contributed by atoms with Gasteiger partial charge in [-0.3, -0.25) is 110 Å². The molecule has 14 amide bonds. The van der Waals surface area contributed by atoms with E-state index >= 15 is 4.79 Å². The minimum absolute atomic E-state index is 0.00171. The molecular weight excluding hydrogens is 1650 g/mol. The summed E-state index contributed by atoms with van der Waals surface area (Å²) in [5, 5.41) is 31.1. The molecule has 0 aromatic carbocycles. The molecule has 0 bridgehead atoms. The topological polar surface area (TPSA) is 642 Å². The molecule has 0 aliphatic rings. The minimum atomic E-state index is -1.98. The van der Waals surface area contributed by atoms with Crippen LogP contribution in [0.25, 0.3) is 0 Å². The van der Waals surface area contributed by atoms with Gasteiger partial charge in [-0.15, -0.1) is 0 Å².